The molecule has 3 heteroatoms. The van der Waals surface area contributed by atoms with E-state index in [0.29, 0.717) is 0 Å². The zero-order valence-electron chi connectivity index (χ0n) is 17.7. The molecule has 0 fully saturated rings. The van der Waals surface area contributed by atoms with Crippen molar-refractivity contribution >= 4 is 21.5 Å². The normalized spacial score (nSPS) is 11.0. The van der Waals surface area contributed by atoms with Gasteiger partial charge in [-0.15, -0.1) is 0 Å². The van der Waals surface area contributed by atoms with Gasteiger partial charge in [-0.25, -0.2) is 0 Å². The predicted octanol–water partition coefficient (Wildman–Crippen LogP) is 7.75. The third kappa shape index (κ3) is 4.51. The van der Waals surface area contributed by atoms with Gasteiger partial charge < -0.3 is 14.2 Å². The molecule has 4 aromatic carbocycles. The largest absolute Gasteiger partial charge is 0.497 e. The van der Waals surface area contributed by atoms with Crippen LogP contribution in [0, 0.1) is 0 Å². The molecule has 4 aromatic rings. The summed E-state index contributed by atoms with van der Waals surface area (Å²) in [5.41, 5.74) is 0. The van der Waals surface area contributed by atoms with E-state index in [2.05, 4.69) is 37.3 Å². The molecule has 0 amide bonds. The van der Waals surface area contributed by atoms with Crippen LogP contribution in [0.25, 0.3) is 21.5 Å². The van der Waals surface area contributed by atoms with Crippen LogP contribution < -0.4 is 14.2 Å². The van der Waals surface area contributed by atoms with E-state index < -0.39 is 0 Å². The molecular weight excluding hydrogens is 372 g/mol. The monoisotopic (exact) mass is 400 g/mol. The van der Waals surface area contributed by atoms with Crippen LogP contribution in [0.3, 0.4) is 0 Å². The Morgan fingerprint density at radius 1 is 0.667 bits per heavy atom. The summed E-state index contributed by atoms with van der Waals surface area (Å²) in [5, 5.41) is 4.53. The predicted molar refractivity (Wildman–Crippen MR) is 124 cm³/mol. The highest BCUT2D eigenvalue weighted by Gasteiger charge is 2.09. The van der Waals surface area contributed by atoms with Crippen molar-refractivity contribution in [2.75, 3.05) is 13.7 Å². The van der Waals surface area contributed by atoms with Crippen molar-refractivity contribution in [2.45, 2.75) is 32.6 Å². The first-order valence-electron chi connectivity index (χ1n) is 10.7. The molecule has 0 unspecified atom stereocenters. The molecule has 0 N–H and O–H groups in total. The molecular formula is C27H28O3. The first-order chi connectivity index (χ1) is 14.8. The molecule has 0 atom stereocenters. The van der Waals surface area contributed by atoms with Gasteiger partial charge in [-0.2, -0.15) is 0 Å². The molecule has 0 saturated heterocycles. The quantitative estimate of drug-likeness (QED) is 0.212. The maximum Gasteiger partial charge on any atom is 0.135 e. The van der Waals surface area contributed by atoms with Crippen molar-refractivity contribution in [3.05, 3.63) is 72.8 Å². The van der Waals surface area contributed by atoms with Gasteiger partial charge in [0.25, 0.3) is 0 Å². The summed E-state index contributed by atoms with van der Waals surface area (Å²) in [6, 6.07) is 24.4. The average molecular weight is 401 g/mol. The number of benzene rings is 4. The minimum atomic E-state index is 0.761. The molecule has 30 heavy (non-hydrogen) atoms. The first kappa shape index (κ1) is 20.1. The third-order valence-corrected chi connectivity index (χ3v) is 5.35. The molecule has 0 saturated carbocycles. The Hall–Kier alpha value is -3.20. The summed E-state index contributed by atoms with van der Waals surface area (Å²) in [5.74, 6) is 3.34. The molecule has 0 radical (unpaired) electrons. The van der Waals surface area contributed by atoms with E-state index in [-0.39, 0.29) is 0 Å². The highest BCUT2D eigenvalue weighted by atomic mass is 16.5. The van der Waals surface area contributed by atoms with Crippen LogP contribution in [0.5, 0.6) is 23.0 Å². The van der Waals surface area contributed by atoms with Crippen LogP contribution in [0.15, 0.2) is 72.8 Å². The second-order valence-electron chi connectivity index (χ2n) is 7.49. The van der Waals surface area contributed by atoms with Gasteiger partial charge in [0.05, 0.1) is 13.7 Å². The topological polar surface area (TPSA) is 27.7 Å². The second kappa shape index (κ2) is 9.53. The van der Waals surface area contributed by atoms with Crippen molar-refractivity contribution in [1.82, 2.24) is 0 Å². The summed E-state index contributed by atoms with van der Waals surface area (Å²) in [4.78, 5) is 0. The van der Waals surface area contributed by atoms with E-state index >= 15 is 0 Å². The number of unbranched alkanes of at least 4 members (excludes halogenated alkanes) is 3. The molecule has 0 aromatic heterocycles. The summed E-state index contributed by atoms with van der Waals surface area (Å²) in [6.07, 6.45) is 4.82. The smallest absolute Gasteiger partial charge is 0.135 e. The first-order valence-corrected chi connectivity index (χ1v) is 10.7. The van der Waals surface area contributed by atoms with E-state index in [1.165, 1.54) is 30.0 Å². The van der Waals surface area contributed by atoms with Crippen LogP contribution >= 0.6 is 0 Å². The maximum atomic E-state index is 6.29. The number of fused-ring (bicyclic) bond motifs is 3. The van der Waals surface area contributed by atoms with E-state index in [0.717, 1.165) is 46.8 Å². The highest BCUT2D eigenvalue weighted by molar-refractivity contribution is 6.10. The Morgan fingerprint density at radius 3 is 2.17 bits per heavy atom. The van der Waals surface area contributed by atoms with E-state index in [1.54, 1.807) is 7.11 Å². The Balaban J connectivity index is 1.57. The average Bonchev–Trinajstić information content (AvgIpc) is 2.79. The summed E-state index contributed by atoms with van der Waals surface area (Å²) in [6.45, 7) is 2.98. The minimum absolute atomic E-state index is 0.761. The fourth-order valence-corrected chi connectivity index (χ4v) is 3.72. The Bertz CT molecular complexity index is 1120. The molecule has 0 spiro atoms. The van der Waals surface area contributed by atoms with Crippen LogP contribution in [0.1, 0.15) is 32.6 Å². The number of ether oxygens (including phenoxy) is 3. The molecule has 0 aliphatic rings. The second-order valence-corrected chi connectivity index (χ2v) is 7.49. The van der Waals surface area contributed by atoms with Crippen molar-refractivity contribution in [1.29, 1.82) is 0 Å². The van der Waals surface area contributed by atoms with Gasteiger partial charge in [0.1, 0.15) is 23.0 Å². The van der Waals surface area contributed by atoms with Gasteiger partial charge >= 0.3 is 0 Å². The van der Waals surface area contributed by atoms with Crippen molar-refractivity contribution in [2.24, 2.45) is 0 Å². The molecule has 0 aliphatic carbocycles. The van der Waals surface area contributed by atoms with E-state index in [9.17, 15) is 0 Å². The van der Waals surface area contributed by atoms with Crippen LogP contribution in [0.4, 0.5) is 0 Å². The lowest BCUT2D eigenvalue weighted by Crippen LogP contribution is -1.97. The summed E-state index contributed by atoms with van der Waals surface area (Å²) >= 11 is 0. The zero-order chi connectivity index (χ0) is 20.8. The SMILES string of the molecule is CCCCCCOc1ccc(Oc2cc3cc(OC)ccc3c3ccccc23)cc1. The number of rotatable bonds is 9. The van der Waals surface area contributed by atoms with Crippen molar-refractivity contribution < 1.29 is 14.2 Å². The Labute approximate surface area is 178 Å². The van der Waals surface area contributed by atoms with Gasteiger partial charge in [0, 0.05) is 5.39 Å². The van der Waals surface area contributed by atoms with Crippen molar-refractivity contribution in [3.63, 3.8) is 0 Å². The van der Waals surface area contributed by atoms with E-state index in [1.807, 2.05) is 42.5 Å². The minimum Gasteiger partial charge on any atom is -0.497 e. The van der Waals surface area contributed by atoms with E-state index in [4.69, 9.17) is 14.2 Å². The standard InChI is InChI=1S/C27H28O3/c1-3-4-5-8-17-29-21-11-13-22(14-12-21)30-27-19-20-18-23(28-2)15-16-24(20)25-9-6-7-10-26(25)27/h6-7,9-16,18-19H,3-5,8,17H2,1-2H3. The van der Waals surface area contributed by atoms with Gasteiger partial charge in [0.2, 0.25) is 0 Å². The fraction of sp³-hybridized carbons (Fsp3) is 0.259. The van der Waals surface area contributed by atoms with Crippen LogP contribution in [-0.2, 0) is 0 Å². The number of hydrogen-bond acceptors (Lipinski definition) is 3. The molecule has 0 aliphatic heterocycles. The lowest BCUT2D eigenvalue weighted by molar-refractivity contribution is 0.304. The van der Waals surface area contributed by atoms with Crippen molar-refractivity contribution in [3.8, 4) is 23.0 Å². The molecule has 0 bridgehead atoms. The lowest BCUT2D eigenvalue weighted by Gasteiger charge is -2.13. The Kier molecular flexibility index (Phi) is 6.38. The molecule has 154 valence electrons. The highest BCUT2D eigenvalue weighted by Crippen LogP contribution is 2.37. The lowest BCUT2D eigenvalue weighted by atomic mass is 10.0. The molecule has 0 heterocycles. The van der Waals surface area contributed by atoms with Gasteiger partial charge in [-0.05, 0) is 65.0 Å². The molecule has 4 rings (SSSR count). The van der Waals surface area contributed by atoms with Gasteiger partial charge in [0.15, 0.2) is 0 Å². The summed E-state index contributed by atoms with van der Waals surface area (Å²) in [7, 11) is 1.69. The fourth-order valence-electron chi connectivity index (χ4n) is 3.72. The third-order valence-electron chi connectivity index (χ3n) is 5.35. The summed E-state index contributed by atoms with van der Waals surface area (Å²) < 4.78 is 17.5. The van der Waals surface area contributed by atoms with Crippen LogP contribution in [-0.4, -0.2) is 13.7 Å². The molecule has 3 nitrogen and oxygen atoms in total. The zero-order valence-corrected chi connectivity index (χ0v) is 17.7. The van der Waals surface area contributed by atoms with Crippen LogP contribution in [0.2, 0.25) is 0 Å². The number of methoxy groups -OCH3 is 1. The van der Waals surface area contributed by atoms with Gasteiger partial charge in [-0.1, -0.05) is 56.5 Å². The maximum absolute atomic E-state index is 6.29. The van der Waals surface area contributed by atoms with Gasteiger partial charge in [-0.3, -0.25) is 0 Å². The Morgan fingerprint density at radius 2 is 1.40 bits per heavy atom. The number of hydrogen-bond donors (Lipinski definition) is 0.